The molecule has 0 amide bonds. The van der Waals surface area contributed by atoms with Crippen LogP contribution in [0, 0.1) is 0 Å². The van der Waals surface area contributed by atoms with Crippen molar-refractivity contribution in [3.8, 4) is 0 Å². The second kappa shape index (κ2) is 3.66. The molecule has 0 saturated heterocycles. The first-order valence-corrected chi connectivity index (χ1v) is 4.83. The molecule has 0 radical (unpaired) electrons. The number of ether oxygens (including phenoxy) is 2. The largest absolute Gasteiger partial charge is 0.496 e. The standard InChI is InChI=1S/C8H17B2NO2/c1-3-8(4-9)6(12-2)5(11)7(10)13-8/h7H,3-4,9-11H2,1-2H3/t7-,8-/m1/s1. The van der Waals surface area contributed by atoms with Crippen LogP contribution < -0.4 is 5.73 Å². The monoisotopic (exact) mass is 181 g/mol. The topological polar surface area (TPSA) is 44.5 Å². The lowest BCUT2D eigenvalue weighted by molar-refractivity contribution is -0.0157. The number of methoxy groups -OCH3 is 1. The van der Waals surface area contributed by atoms with Gasteiger partial charge in [0.25, 0.3) is 0 Å². The van der Waals surface area contributed by atoms with Crippen molar-refractivity contribution in [3.05, 3.63) is 11.5 Å². The van der Waals surface area contributed by atoms with Crippen LogP contribution in [0.4, 0.5) is 0 Å². The Morgan fingerprint density at radius 2 is 2.31 bits per heavy atom. The Labute approximate surface area is 81.5 Å². The molecule has 0 aliphatic carbocycles. The fraction of sp³-hybridized carbons (Fsp3) is 0.750. The van der Waals surface area contributed by atoms with Gasteiger partial charge in [-0.2, -0.15) is 0 Å². The van der Waals surface area contributed by atoms with Crippen molar-refractivity contribution in [2.45, 2.75) is 31.3 Å². The van der Waals surface area contributed by atoms with E-state index in [9.17, 15) is 0 Å². The van der Waals surface area contributed by atoms with Gasteiger partial charge >= 0.3 is 0 Å². The molecule has 3 nitrogen and oxygen atoms in total. The Balaban J connectivity index is 3.02. The van der Waals surface area contributed by atoms with Crippen molar-refractivity contribution in [1.29, 1.82) is 0 Å². The summed E-state index contributed by atoms with van der Waals surface area (Å²) in [5, 5.41) is 0. The van der Waals surface area contributed by atoms with Crippen molar-refractivity contribution >= 4 is 15.7 Å². The minimum Gasteiger partial charge on any atom is -0.496 e. The third-order valence-corrected chi connectivity index (χ3v) is 2.86. The van der Waals surface area contributed by atoms with Crippen LogP contribution in [-0.2, 0) is 9.47 Å². The third-order valence-electron chi connectivity index (χ3n) is 2.86. The molecule has 1 aliphatic rings. The van der Waals surface area contributed by atoms with E-state index < -0.39 is 0 Å². The van der Waals surface area contributed by atoms with E-state index in [-0.39, 0.29) is 11.6 Å². The molecule has 0 fully saturated rings. The Morgan fingerprint density at radius 1 is 1.69 bits per heavy atom. The maximum Gasteiger partial charge on any atom is 0.147 e. The van der Waals surface area contributed by atoms with Crippen LogP contribution in [0.5, 0.6) is 0 Å². The summed E-state index contributed by atoms with van der Waals surface area (Å²) < 4.78 is 11.2. The average Bonchev–Trinajstić information content (AvgIpc) is 2.40. The summed E-state index contributed by atoms with van der Waals surface area (Å²) in [6, 6.07) is -0.0187. The lowest BCUT2D eigenvalue weighted by Crippen LogP contribution is -2.32. The lowest BCUT2D eigenvalue weighted by Gasteiger charge is -2.28. The van der Waals surface area contributed by atoms with Crippen LogP contribution in [0.15, 0.2) is 11.5 Å². The first-order valence-electron chi connectivity index (χ1n) is 4.83. The minimum absolute atomic E-state index is 0.0187. The van der Waals surface area contributed by atoms with Gasteiger partial charge in [-0.25, -0.2) is 0 Å². The molecule has 2 N–H and O–H groups in total. The minimum atomic E-state index is -0.280. The molecule has 2 atom stereocenters. The van der Waals surface area contributed by atoms with E-state index in [4.69, 9.17) is 15.2 Å². The van der Waals surface area contributed by atoms with Gasteiger partial charge in [-0.15, -0.1) is 0 Å². The lowest BCUT2D eigenvalue weighted by atomic mass is 9.83. The predicted octanol–water partition coefficient (Wildman–Crippen LogP) is -1.01. The van der Waals surface area contributed by atoms with Gasteiger partial charge in [-0.3, -0.25) is 0 Å². The highest BCUT2D eigenvalue weighted by Crippen LogP contribution is 2.38. The molecule has 1 rings (SSSR count). The molecule has 0 aromatic rings. The highest BCUT2D eigenvalue weighted by molar-refractivity contribution is 6.13. The number of nitrogens with two attached hydrogens (primary N) is 1. The molecule has 1 heterocycles. The third kappa shape index (κ3) is 1.45. The van der Waals surface area contributed by atoms with E-state index in [1.165, 1.54) is 0 Å². The summed E-state index contributed by atoms with van der Waals surface area (Å²) >= 11 is 0. The Kier molecular flexibility index (Phi) is 2.96. The summed E-state index contributed by atoms with van der Waals surface area (Å²) in [7, 11) is 5.71. The number of rotatable bonds is 3. The molecular weight excluding hydrogens is 164 g/mol. The number of hydrogen-bond donors (Lipinski definition) is 1. The Hall–Kier alpha value is -0.570. The van der Waals surface area contributed by atoms with Crippen LogP contribution in [-0.4, -0.2) is 34.4 Å². The zero-order valence-corrected chi connectivity index (χ0v) is 8.89. The van der Waals surface area contributed by atoms with E-state index in [2.05, 4.69) is 14.8 Å². The molecule has 13 heavy (non-hydrogen) atoms. The van der Waals surface area contributed by atoms with E-state index in [1.807, 2.05) is 7.85 Å². The molecular formula is C8H17B2NO2. The SMILES string of the molecule is BC[C@@]1(CC)O[C@@H](B)C(N)=C1OC. The molecule has 72 valence electrons. The van der Waals surface area contributed by atoms with Gasteiger partial charge in [0.2, 0.25) is 0 Å². The normalized spacial score (nSPS) is 33.8. The van der Waals surface area contributed by atoms with Crippen molar-refractivity contribution in [3.63, 3.8) is 0 Å². The fourth-order valence-corrected chi connectivity index (χ4v) is 1.94. The van der Waals surface area contributed by atoms with Gasteiger partial charge in [-0.1, -0.05) is 6.92 Å². The van der Waals surface area contributed by atoms with Gasteiger partial charge < -0.3 is 15.2 Å². The summed E-state index contributed by atoms with van der Waals surface area (Å²) in [4.78, 5) is 0. The molecule has 5 heteroatoms. The first kappa shape index (κ1) is 10.5. The van der Waals surface area contributed by atoms with E-state index in [0.29, 0.717) is 0 Å². The fourth-order valence-electron chi connectivity index (χ4n) is 1.94. The van der Waals surface area contributed by atoms with Crippen LogP contribution in [0.2, 0.25) is 6.32 Å². The molecule has 0 spiro atoms. The van der Waals surface area contributed by atoms with Gasteiger partial charge in [0.1, 0.15) is 27.1 Å². The molecule has 0 aromatic carbocycles. The van der Waals surface area contributed by atoms with Crippen molar-refractivity contribution in [2.75, 3.05) is 7.11 Å². The van der Waals surface area contributed by atoms with E-state index in [0.717, 1.165) is 24.2 Å². The molecule has 0 aromatic heterocycles. The summed E-state index contributed by atoms with van der Waals surface area (Å²) in [5.41, 5.74) is 6.35. The van der Waals surface area contributed by atoms with E-state index in [1.54, 1.807) is 7.11 Å². The van der Waals surface area contributed by atoms with Gasteiger partial charge in [0, 0.05) is 0 Å². The zero-order chi connectivity index (χ0) is 10.1. The maximum atomic E-state index is 5.89. The van der Waals surface area contributed by atoms with Crippen LogP contribution in [0.25, 0.3) is 0 Å². The van der Waals surface area contributed by atoms with Gasteiger partial charge in [0.05, 0.1) is 18.8 Å². The van der Waals surface area contributed by atoms with Crippen LogP contribution in [0.1, 0.15) is 13.3 Å². The predicted molar refractivity (Wildman–Crippen MR) is 58.0 cm³/mol. The van der Waals surface area contributed by atoms with Crippen LogP contribution in [0.3, 0.4) is 0 Å². The quantitative estimate of drug-likeness (QED) is 0.567. The second-order valence-corrected chi connectivity index (χ2v) is 3.45. The Bertz CT molecular complexity index is 226. The van der Waals surface area contributed by atoms with Gasteiger partial charge in [0.15, 0.2) is 0 Å². The molecule has 1 aliphatic heterocycles. The number of hydrogen-bond acceptors (Lipinski definition) is 3. The highest BCUT2D eigenvalue weighted by atomic mass is 16.6. The second-order valence-electron chi connectivity index (χ2n) is 3.45. The summed E-state index contributed by atoms with van der Waals surface area (Å²) in [6.07, 6.45) is 1.80. The Morgan fingerprint density at radius 3 is 2.62 bits per heavy atom. The summed E-state index contributed by atoms with van der Waals surface area (Å²) in [6.45, 7) is 2.09. The molecule has 0 saturated carbocycles. The van der Waals surface area contributed by atoms with Crippen molar-refractivity contribution in [2.24, 2.45) is 5.73 Å². The molecule has 0 bridgehead atoms. The van der Waals surface area contributed by atoms with E-state index >= 15 is 0 Å². The van der Waals surface area contributed by atoms with Crippen LogP contribution >= 0.6 is 0 Å². The molecule has 0 unspecified atom stereocenters. The van der Waals surface area contributed by atoms with Gasteiger partial charge in [-0.05, 0) is 12.7 Å². The average molecular weight is 181 g/mol. The maximum absolute atomic E-state index is 5.89. The first-order chi connectivity index (χ1) is 6.11. The summed E-state index contributed by atoms with van der Waals surface area (Å²) in [5.74, 6) is 0.824. The van der Waals surface area contributed by atoms with Crippen molar-refractivity contribution in [1.82, 2.24) is 0 Å². The van der Waals surface area contributed by atoms with Crippen molar-refractivity contribution < 1.29 is 9.47 Å². The highest BCUT2D eigenvalue weighted by Gasteiger charge is 2.43. The smallest absolute Gasteiger partial charge is 0.147 e. The zero-order valence-electron chi connectivity index (χ0n) is 8.89.